The Morgan fingerprint density at radius 1 is 1.35 bits per heavy atom. The third-order valence-corrected chi connectivity index (χ3v) is 3.95. The summed E-state index contributed by atoms with van der Waals surface area (Å²) in [5.41, 5.74) is 3.30. The van der Waals surface area contributed by atoms with Crippen molar-refractivity contribution >= 4 is 0 Å². The van der Waals surface area contributed by atoms with Crippen molar-refractivity contribution in [3.8, 4) is 5.75 Å². The molecule has 2 rings (SSSR count). The highest BCUT2D eigenvalue weighted by atomic mass is 16.3. The molecule has 1 aromatic rings. The van der Waals surface area contributed by atoms with E-state index in [2.05, 4.69) is 32.2 Å². The summed E-state index contributed by atoms with van der Waals surface area (Å²) in [6, 6.07) is 4.19. The molecule has 1 fully saturated rings. The van der Waals surface area contributed by atoms with Gasteiger partial charge in [-0.25, -0.2) is 0 Å². The van der Waals surface area contributed by atoms with Gasteiger partial charge in [-0.2, -0.15) is 0 Å². The van der Waals surface area contributed by atoms with Gasteiger partial charge in [-0.05, 0) is 50.3 Å². The fourth-order valence-corrected chi connectivity index (χ4v) is 2.88. The lowest BCUT2D eigenvalue weighted by Gasteiger charge is -2.30. The van der Waals surface area contributed by atoms with E-state index in [1.165, 1.54) is 12.0 Å². The van der Waals surface area contributed by atoms with Gasteiger partial charge < -0.3 is 10.4 Å². The zero-order valence-electron chi connectivity index (χ0n) is 11.3. The van der Waals surface area contributed by atoms with E-state index in [9.17, 15) is 5.11 Å². The molecular weight excluding hydrogens is 210 g/mol. The number of hydrogen-bond donors (Lipinski definition) is 2. The Morgan fingerprint density at radius 3 is 2.59 bits per heavy atom. The first-order valence-corrected chi connectivity index (χ1v) is 6.53. The lowest BCUT2D eigenvalue weighted by atomic mass is 9.81. The second-order valence-electron chi connectivity index (χ2n) is 5.71. The SMILES string of the molecule is Cc1ccc(C(C)C)c(C2(C)CCCN2)c1O. The average Bonchev–Trinajstić information content (AvgIpc) is 2.69. The van der Waals surface area contributed by atoms with E-state index in [-0.39, 0.29) is 5.54 Å². The van der Waals surface area contributed by atoms with Crippen molar-refractivity contribution in [2.45, 2.75) is 52.0 Å². The predicted molar refractivity (Wildman–Crippen MR) is 71.5 cm³/mol. The summed E-state index contributed by atoms with van der Waals surface area (Å²) in [5.74, 6) is 0.920. The second kappa shape index (κ2) is 4.34. The standard InChI is InChI=1S/C15H23NO/c1-10(2)12-7-6-11(3)14(17)13(12)15(4)8-5-9-16-15/h6-7,10,16-17H,5,8-9H2,1-4H3. The van der Waals surface area contributed by atoms with E-state index in [4.69, 9.17) is 0 Å². The molecule has 94 valence electrons. The topological polar surface area (TPSA) is 32.3 Å². The minimum atomic E-state index is -0.0598. The molecule has 0 saturated carbocycles. The molecule has 1 saturated heterocycles. The van der Waals surface area contributed by atoms with Gasteiger partial charge in [0.2, 0.25) is 0 Å². The number of nitrogens with one attached hydrogen (secondary N) is 1. The van der Waals surface area contributed by atoms with Crippen LogP contribution in [0.5, 0.6) is 5.75 Å². The van der Waals surface area contributed by atoms with Gasteiger partial charge in [0, 0.05) is 11.1 Å². The van der Waals surface area contributed by atoms with Crippen molar-refractivity contribution in [2.24, 2.45) is 0 Å². The summed E-state index contributed by atoms with van der Waals surface area (Å²) in [5, 5.41) is 14.0. The van der Waals surface area contributed by atoms with Crippen LogP contribution >= 0.6 is 0 Å². The van der Waals surface area contributed by atoms with Gasteiger partial charge in [-0.1, -0.05) is 26.0 Å². The van der Waals surface area contributed by atoms with Gasteiger partial charge in [-0.3, -0.25) is 0 Å². The van der Waals surface area contributed by atoms with Crippen molar-refractivity contribution < 1.29 is 5.11 Å². The average molecular weight is 233 g/mol. The number of hydrogen-bond acceptors (Lipinski definition) is 2. The molecule has 0 spiro atoms. The minimum absolute atomic E-state index is 0.0598. The number of aryl methyl sites for hydroxylation is 1. The highest BCUT2D eigenvalue weighted by molar-refractivity contribution is 5.50. The molecule has 0 amide bonds. The van der Waals surface area contributed by atoms with Crippen LogP contribution in [0.4, 0.5) is 0 Å². The molecule has 1 heterocycles. The molecule has 2 nitrogen and oxygen atoms in total. The monoisotopic (exact) mass is 233 g/mol. The molecule has 0 radical (unpaired) electrons. The van der Waals surface area contributed by atoms with Gasteiger partial charge in [0.05, 0.1) is 0 Å². The maximum Gasteiger partial charge on any atom is 0.123 e. The zero-order valence-corrected chi connectivity index (χ0v) is 11.3. The van der Waals surface area contributed by atoms with Gasteiger partial charge in [0.1, 0.15) is 5.75 Å². The van der Waals surface area contributed by atoms with Crippen molar-refractivity contribution in [3.05, 3.63) is 28.8 Å². The van der Waals surface area contributed by atoms with Gasteiger partial charge in [0.25, 0.3) is 0 Å². The number of phenols is 1. The Balaban J connectivity index is 2.60. The van der Waals surface area contributed by atoms with E-state index in [1.54, 1.807) is 0 Å². The number of aromatic hydroxyl groups is 1. The molecule has 1 aliphatic rings. The van der Waals surface area contributed by atoms with Crippen molar-refractivity contribution in [2.75, 3.05) is 6.54 Å². The van der Waals surface area contributed by atoms with Crippen LogP contribution in [-0.2, 0) is 5.54 Å². The highest BCUT2D eigenvalue weighted by Gasteiger charge is 2.35. The summed E-state index contributed by atoms with van der Waals surface area (Å²) in [7, 11) is 0. The largest absolute Gasteiger partial charge is 0.507 e. The molecular formula is C15H23NO. The Hall–Kier alpha value is -1.02. The van der Waals surface area contributed by atoms with Gasteiger partial charge >= 0.3 is 0 Å². The minimum Gasteiger partial charge on any atom is -0.507 e. The summed E-state index contributed by atoms with van der Waals surface area (Å²) >= 11 is 0. The Kier molecular flexibility index (Phi) is 3.17. The molecule has 1 aromatic carbocycles. The Bertz CT molecular complexity index is 417. The molecule has 2 N–H and O–H groups in total. The number of phenolic OH excluding ortho intramolecular Hbond substituents is 1. The molecule has 1 unspecified atom stereocenters. The number of rotatable bonds is 2. The summed E-state index contributed by atoms with van der Waals surface area (Å²) in [4.78, 5) is 0. The molecule has 1 atom stereocenters. The maximum atomic E-state index is 10.4. The molecule has 2 heteroatoms. The highest BCUT2D eigenvalue weighted by Crippen LogP contribution is 2.41. The molecule has 1 aliphatic heterocycles. The van der Waals surface area contributed by atoms with E-state index < -0.39 is 0 Å². The summed E-state index contributed by atoms with van der Waals surface area (Å²) in [6.45, 7) is 9.60. The lowest BCUT2D eigenvalue weighted by Crippen LogP contribution is -2.34. The maximum absolute atomic E-state index is 10.4. The summed E-state index contributed by atoms with van der Waals surface area (Å²) in [6.07, 6.45) is 2.28. The Labute approximate surface area is 104 Å². The lowest BCUT2D eigenvalue weighted by molar-refractivity contribution is 0.387. The predicted octanol–water partition coefficient (Wildman–Crippen LogP) is 3.42. The first kappa shape index (κ1) is 12.4. The fourth-order valence-electron chi connectivity index (χ4n) is 2.88. The second-order valence-corrected chi connectivity index (χ2v) is 5.71. The molecule has 0 aliphatic carbocycles. The first-order chi connectivity index (χ1) is 7.96. The van der Waals surface area contributed by atoms with Gasteiger partial charge in [0.15, 0.2) is 0 Å². The normalized spacial score (nSPS) is 24.5. The number of benzene rings is 1. The van der Waals surface area contributed by atoms with Crippen LogP contribution in [0.3, 0.4) is 0 Å². The van der Waals surface area contributed by atoms with E-state index >= 15 is 0 Å². The van der Waals surface area contributed by atoms with Crippen LogP contribution in [0.1, 0.15) is 56.2 Å². The van der Waals surface area contributed by atoms with E-state index in [0.717, 1.165) is 24.1 Å². The van der Waals surface area contributed by atoms with Crippen LogP contribution in [0, 0.1) is 6.92 Å². The Morgan fingerprint density at radius 2 is 2.06 bits per heavy atom. The molecule has 0 bridgehead atoms. The van der Waals surface area contributed by atoms with Crippen LogP contribution < -0.4 is 5.32 Å². The molecule has 0 aromatic heterocycles. The van der Waals surface area contributed by atoms with Crippen LogP contribution in [0.15, 0.2) is 12.1 Å². The smallest absolute Gasteiger partial charge is 0.123 e. The third kappa shape index (κ3) is 2.06. The first-order valence-electron chi connectivity index (χ1n) is 6.53. The van der Waals surface area contributed by atoms with E-state index in [1.807, 2.05) is 13.0 Å². The summed E-state index contributed by atoms with van der Waals surface area (Å²) < 4.78 is 0. The van der Waals surface area contributed by atoms with Gasteiger partial charge in [-0.15, -0.1) is 0 Å². The van der Waals surface area contributed by atoms with Crippen LogP contribution in [-0.4, -0.2) is 11.7 Å². The van der Waals surface area contributed by atoms with Crippen LogP contribution in [0.25, 0.3) is 0 Å². The van der Waals surface area contributed by atoms with Crippen LogP contribution in [0.2, 0.25) is 0 Å². The quantitative estimate of drug-likeness (QED) is 0.820. The van der Waals surface area contributed by atoms with E-state index in [0.29, 0.717) is 11.7 Å². The van der Waals surface area contributed by atoms with Crippen molar-refractivity contribution in [3.63, 3.8) is 0 Å². The zero-order chi connectivity index (χ0) is 12.6. The van der Waals surface area contributed by atoms with Crippen molar-refractivity contribution in [1.29, 1.82) is 0 Å². The van der Waals surface area contributed by atoms with Crippen molar-refractivity contribution in [1.82, 2.24) is 5.32 Å². The fraction of sp³-hybridized carbons (Fsp3) is 0.600. The molecule has 17 heavy (non-hydrogen) atoms. The third-order valence-electron chi connectivity index (χ3n) is 3.95.